The molecule has 0 heterocycles. The molecular formula is C15H26N2. The van der Waals surface area contributed by atoms with E-state index in [1.807, 2.05) is 0 Å². The van der Waals surface area contributed by atoms with Crippen molar-refractivity contribution in [3.63, 3.8) is 0 Å². The fourth-order valence-corrected chi connectivity index (χ4v) is 3.41. The lowest BCUT2D eigenvalue weighted by Gasteiger charge is -2.26. The fraction of sp³-hybridized carbons (Fsp3) is 0.933. The summed E-state index contributed by atoms with van der Waals surface area (Å²) < 4.78 is 0. The molecule has 17 heavy (non-hydrogen) atoms. The van der Waals surface area contributed by atoms with Crippen LogP contribution in [0.15, 0.2) is 0 Å². The van der Waals surface area contributed by atoms with Crippen LogP contribution < -0.4 is 5.32 Å². The molecule has 2 rings (SSSR count). The Kier molecular flexibility index (Phi) is 5.32. The predicted octanol–water partition coefficient (Wildman–Crippen LogP) is 3.77. The Hall–Kier alpha value is -0.550. The first-order valence-corrected chi connectivity index (χ1v) is 7.56. The molecule has 0 spiro atoms. The highest BCUT2D eigenvalue weighted by atomic mass is 15.0. The SMILES string of the molecule is N#CC1CCCCCC1NC1CCCCCC1. The van der Waals surface area contributed by atoms with E-state index in [1.54, 1.807) is 0 Å². The van der Waals surface area contributed by atoms with Gasteiger partial charge in [0.1, 0.15) is 0 Å². The second kappa shape index (κ2) is 7.01. The molecule has 2 fully saturated rings. The van der Waals surface area contributed by atoms with Crippen LogP contribution in [-0.4, -0.2) is 12.1 Å². The highest BCUT2D eigenvalue weighted by Gasteiger charge is 2.25. The van der Waals surface area contributed by atoms with Gasteiger partial charge in [-0.15, -0.1) is 0 Å². The normalized spacial score (nSPS) is 32.4. The quantitative estimate of drug-likeness (QED) is 0.738. The lowest BCUT2D eigenvalue weighted by atomic mass is 9.94. The van der Waals surface area contributed by atoms with Gasteiger partial charge in [-0.2, -0.15) is 5.26 Å². The van der Waals surface area contributed by atoms with Crippen molar-refractivity contribution in [2.24, 2.45) is 5.92 Å². The largest absolute Gasteiger partial charge is 0.310 e. The molecule has 2 saturated carbocycles. The summed E-state index contributed by atoms with van der Waals surface area (Å²) in [5.74, 6) is 0.265. The van der Waals surface area contributed by atoms with E-state index in [0.717, 1.165) is 6.42 Å². The minimum atomic E-state index is 0.265. The molecule has 1 N–H and O–H groups in total. The van der Waals surface area contributed by atoms with Crippen LogP contribution in [0.3, 0.4) is 0 Å². The Morgan fingerprint density at radius 1 is 0.765 bits per heavy atom. The Morgan fingerprint density at radius 2 is 1.35 bits per heavy atom. The van der Waals surface area contributed by atoms with E-state index in [4.69, 9.17) is 0 Å². The van der Waals surface area contributed by atoms with E-state index in [2.05, 4.69) is 11.4 Å². The van der Waals surface area contributed by atoms with Gasteiger partial charge >= 0.3 is 0 Å². The first-order valence-electron chi connectivity index (χ1n) is 7.56. The van der Waals surface area contributed by atoms with Crippen LogP contribution in [0.4, 0.5) is 0 Å². The van der Waals surface area contributed by atoms with Crippen LogP contribution in [0.2, 0.25) is 0 Å². The van der Waals surface area contributed by atoms with Crippen LogP contribution in [0.5, 0.6) is 0 Å². The van der Waals surface area contributed by atoms with Crippen LogP contribution in [0.25, 0.3) is 0 Å². The van der Waals surface area contributed by atoms with Crippen molar-refractivity contribution in [3.8, 4) is 6.07 Å². The van der Waals surface area contributed by atoms with Crippen LogP contribution in [0.1, 0.15) is 70.6 Å². The molecule has 2 heteroatoms. The third kappa shape index (κ3) is 4.00. The van der Waals surface area contributed by atoms with Crippen LogP contribution in [-0.2, 0) is 0 Å². The van der Waals surface area contributed by atoms with E-state index in [-0.39, 0.29) is 5.92 Å². The summed E-state index contributed by atoms with van der Waals surface area (Å²) in [6.07, 6.45) is 14.4. The molecule has 0 bridgehead atoms. The molecule has 2 unspecified atom stereocenters. The number of nitrogens with one attached hydrogen (secondary N) is 1. The highest BCUT2D eigenvalue weighted by molar-refractivity contribution is 4.94. The van der Waals surface area contributed by atoms with E-state index < -0.39 is 0 Å². The van der Waals surface area contributed by atoms with E-state index >= 15 is 0 Å². The first kappa shape index (κ1) is 12.9. The standard InChI is InChI=1S/C15H26N2/c16-12-13-8-4-3-7-11-15(13)17-14-9-5-1-2-6-10-14/h13-15,17H,1-11H2. The lowest BCUT2D eigenvalue weighted by molar-refractivity contribution is 0.329. The average molecular weight is 234 g/mol. The number of hydrogen-bond donors (Lipinski definition) is 1. The minimum Gasteiger partial charge on any atom is -0.310 e. The van der Waals surface area contributed by atoms with Gasteiger partial charge < -0.3 is 5.32 Å². The van der Waals surface area contributed by atoms with Crippen molar-refractivity contribution in [2.75, 3.05) is 0 Å². The Morgan fingerprint density at radius 3 is 2.06 bits per heavy atom. The summed E-state index contributed by atoms with van der Waals surface area (Å²) in [5, 5.41) is 13.1. The molecule has 2 aliphatic carbocycles. The van der Waals surface area contributed by atoms with Crippen molar-refractivity contribution in [1.29, 1.82) is 5.26 Å². The molecule has 2 atom stereocenters. The van der Waals surface area contributed by atoms with Gasteiger partial charge in [0.2, 0.25) is 0 Å². The number of nitriles is 1. The lowest BCUT2D eigenvalue weighted by Crippen LogP contribution is -2.42. The molecular weight excluding hydrogens is 208 g/mol. The van der Waals surface area contributed by atoms with Crippen LogP contribution >= 0.6 is 0 Å². The highest BCUT2D eigenvalue weighted by Crippen LogP contribution is 2.25. The van der Waals surface area contributed by atoms with Gasteiger partial charge in [0.05, 0.1) is 12.0 Å². The summed E-state index contributed by atoms with van der Waals surface area (Å²) in [4.78, 5) is 0. The molecule has 0 radical (unpaired) electrons. The van der Waals surface area contributed by atoms with Gasteiger partial charge in [-0.3, -0.25) is 0 Å². The maximum atomic E-state index is 9.28. The fourth-order valence-electron chi connectivity index (χ4n) is 3.41. The van der Waals surface area contributed by atoms with E-state index in [9.17, 15) is 5.26 Å². The van der Waals surface area contributed by atoms with Gasteiger partial charge in [-0.05, 0) is 25.7 Å². The summed E-state index contributed by atoms with van der Waals surface area (Å²) in [7, 11) is 0. The summed E-state index contributed by atoms with van der Waals surface area (Å²) >= 11 is 0. The van der Waals surface area contributed by atoms with Gasteiger partial charge in [0.15, 0.2) is 0 Å². The smallest absolute Gasteiger partial charge is 0.0672 e. The molecule has 2 nitrogen and oxygen atoms in total. The second-order valence-electron chi connectivity index (χ2n) is 5.84. The number of hydrogen-bond acceptors (Lipinski definition) is 2. The summed E-state index contributed by atoms with van der Waals surface area (Å²) in [6, 6.07) is 3.71. The predicted molar refractivity (Wildman–Crippen MR) is 70.6 cm³/mol. The van der Waals surface area contributed by atoms with Crippen LogP contribution in [0, 0.1) is 17.2 Å². The van der Waals surface area contributed by atoms with Crippen molar-refractivity contribution in [1.82, 2.24) is 5.32 Å². The maximum absolute atomic E-state index is 9.28. The molecule has 0 saturated heterocycles. The first-order chi connectivity index (χ1) is 8.40. The molecule has 2 aliphatic rings. The monoisotopic (exact) mass is 234 g/mol. The zero-order valence-electron chi connectivity index (χ0n) is 11.0. The molecule has 0 aliphatic heterocycles. The Balaban J connectivity index is 1.87. The van der Waals surface area contributed by atoms with Gasteiger partial charge in [0, 0.05) is 12.1 Å². The third-order valence-electron chi connectivity index (χ3n) is 4.49. The molecule has 0 aromatic rings. The number of nitrogens with zero attached hydrogens (tertiary/aromatic N) is 1. The maximum Gasteiger partial charge on any atom is 0.0672 e. The molecule has 96 valence electrons. The van der Waals surface area contributed by atoms with Crippen molar-refractivity contribution in [3.05, 3.63) is 0 Å². The molecule has 0 aromatic heterocycles. The zero-order chi connectivity index (χ0) is 11.9. The number of rotatable bonds is 2. The average Bonchev–Trinajstić information content (AvgIpc) is 2.72. The summed E-state index contributed by atoms with van der Waals surface area (Å²) in [5.41, 5.74) is 0. The van der Waals surface area contributed by atoms with Gasteiger partial charge in [-0.25, -0.2) is 0 Å². The van der Waals surface area contributed by atoms with Crippen molar-refractivity contribution < 1.29 is 0 Å². The zero-order valence-corrected chi connectivity index (χ0v) is 11.0. The van der Waals surface area contributed by atoms with Gasteiger partial charge in [-0.1, -0.05) is 44.9 Å². The second-order valence-corrected chi connectivity index (χ2v) is 5.84. The topological polar surface area (TPSA) is 35.8 Å². The minimum absolute atomic E-state index is 0.265. The molecule has 0 aromatic carbocycles. The van der Waals surface area contributed by atoms with Crippen molar-refractivity contribution >= 4 is 0 Å². The van der Waals surface area contributed by atoms with Gasteiger partial charge in [0.25, 0.3) is 0 Å². The Bertz CT molecular complexity index is 248. The Labute approximate surface area is 106 Å². The molecule has 0 amide bonds. The van der Waals surface area contributed by atoms with Crippen molar-refractivity contribution in [2.45, 2.75) is 82.7 Å². The van der Waals surface area contributed by atoms with E-state index in [0.29, 0.717) is 12.1 Å². The third-order valence-corrected chi connectivity index (χ3v) is 4.49. The van der Waals surface area contributed by atoms with E-state index in [1.165, 1.54) is 64.2 Å². The summed E-state index contributed by atoms with van der Waals surface area (Å²) in [6.45, 7) is 0.